The molecule has 2 aliphatic heterocycles. The summed E-state index contributed by atoms with van der Waals surface area (Å²) in [6.45, 7) is 10.7. The minimum absolute atomic E-state index is 0. The number of ether oxygens (including phenoxy) is 2. The highest BCUT2D eigenvalue weighted by Crippen LogP contribution is 2.31. The van der Waals surface area contributed by atoms with Crippen LogP contribution in [0.15, 0.2) is 29.3 Å². The number of halogens is 1. The van der Waals surface area contributed by atoms with Gasteiger partial charge in [-0.2, -0.15) is 0 Å². The number of nitrogens with zero attached hydrogens (tertiary/aromatic N) is 3. The first-order valence-electron chi connectivity index (χ1n) is 12.0. The molecule has 3 aliphatic rings. The summed E-state index contributed by atoms with van der Waals surface area (Å²) >= 11 is 0. The molecule has 180 valence electrons. The molecule has 2 heterocycles. The highest BCUT2D eigenvalue weighted by Gasteiger charge is 2.34. The number of morpholine rings is 1. The summed E-state index contributed by atoms with van der Waals surface area (Å²) in [4.78, 5) is 10.2. The Hall–Kier alpha value is -1.10. The second-order valence-electron chi connectivity index (χ2n) is 8.92. The third-order valence-electron chi connectivity index (χ3n) is 6.69. The van der Waals surface area contributed by atoms with Crippen LogP contribution in [-0.4, -0.2) is 87.9 Å². The van der Waals surface area contributed by atoms with Crippen molar-refractivity contribution >= 4 is 29.9 Å². The van der Waals surface area contributed by atoms with E-state index in [2.05, 4.69) is 39.5 Å². The molecule has 2 N–H and O–H groups in total. The lowest BCUT2D eigenvalue weighted by Crippen LogP contribution is -2.42. The lowest BCUT2D eigenvalue weighted by molar-refractivity contribution is 0.0179. The molecule has 1 aromatic rings. The van der Waals surface area contributed by atoms with Crippen LogP contribution in [0.4, 0.5) is 0 Å². The maximum absolute atomic E-state index is 5.59. The molecule has 2 unspecified atom stereocenters. The van der Waals surface area contributed by atoms with Gasteiger partial charge in [0, 0.05) is 38.8 Å². The zero-order chi connectivity index (χ0) is 21.5. The predicted octanol–water partition coefficient (Wildman–Crippen LogP) is 2.73. The summed E-state index contributed by atoms with van der Waals surface area (Å²) in [6, 6.07) is 9.54. The van der Waals surface area contributed by atoms with E-state index in [0.29, 0.717) is 0 Å². The molecule has 0 amide bonds. The highest BCUT2D eigenvalue weighted by atomic mass is 127. The third-order valence-corrected chi connectivity index (χ3v) is 6.69. The van der Waals surface area contributed by atoms with Crippen LogP contribution in [0.2, 0.25) is 0 Å². The van der Waals surface area contributed by atoms with E-state index in [1.54, 1.807) is 7.11 Å². The molecule has 4 rings (SSSR count). The average Bonchev–Trinajstić information content (AvgIpc) is 3.56. The first-order chi connectivity index (χ1) is 15.3. The molecule has 0 aromatic heterocycles. The number of methoxy groups -OCH3 is 1. The summed E-state index contributed by atoms with van der Waals surface area (Å²) in [6.07, 6.45) is 4.10. The fraction of sp³-hybridized carbons (Fsp3) is 0.708. The molecule has 0 spiro atoms. The summed E-state index contributed by atoms with van der Waals surface area (Å²) < 4.78 is 10.9. The van der Waals surface area contributed by atoms with E-state index in [1.807, 2.05) is 12.1 Å². The normalized spacial score (nSPS) is 23.4. The Bertz CT molecular complexity index is 707. The van der Waals surface area contributed by atoms with E-state index < -0.39 is 0 Å². The van der Waals surface area contributed by atoms with Crippen molar-refractivity contribution in [3.63, 3.8) is 0 Å². The van der Waals surface area contributed by atoms with Gasteiger partial charge in [0.2, 0.25) is 0 Å². The number of hydrogen-bond donors (Lipinski definition) is 2. The maximum atomic E-state index is 5.59. The number of benzene rings is 1. The summed E-state index contributed by atoms with van der Waals surface area (Å²) in [5.74, 6) is 2.54. The van der Waals surface area contributed by atoms with Crippen LogP contribution in [0.5, 0.6) is 5.75 Å². The second kappa shape index (κ2) is 13.0. The van der Waals surface area contributed by atoms with Gasteiger partial charge in [-0.25, -0.2) is 0 Å². The smallest absolute Gasteiger partial charge is 0.191 e. The van der Waals surface area contributed by atoms with Gasteiger partial charge in [0.05, 0.1) is 32.9 Å². The van der Waals surface area contributed by atoms with Gasteiger partial charge in [0.1, 0.15) is 5.75 Å². The van der Waals surface area contributed by atoms with Gasteiger partial charge in [-0.3, -0.25) is 9.89 Å². The van der Waals surface area contributed by atoms with Crippen LogP contribution < -0.4 is 15.4 Å². The number of nitrogens with one attached hydrogen (secondary N) is 2. The minimum atomic E-state index is 0. The first kappa shape index (κ1) is 25.5. The largest absolute Gasteiger partial charge is 0.497 e. The van der Waals surface area contributed by atoms with Gasteiger partial charge < -0.3 is 25.0 Å². The van der Waals surface area contributed by atoms with Crippen molar-refractivity contribution in [2.45, 2.75) is 38.3 Å². The van der Waals surface area contributed by atoms with Gasteiger partial charge in [-0.15, -0.1) is 24.0 Å². The van der Waals surface area contributed by atoms with Gasteiger partial charge >= 0.3 is 0 Å². The molecule has 1 aromatic carbocycles. The molecular formula is C24H40IN5O2. The Kier molecular flexibility index (Phi) is 10.3. The molecule has 3 fully saturated rings. The molecule has 2 saturated heterocycles. The van der Waals surface area contributed by atoms with Crippen molar-refractivity contribution < 1.29 is 9.47 Å². The molecule has 0 radical (unpaired) electrons. The van der Waals surface area contributed by atoms with Crippen LogP contribution in [0, 0.1) is 5.92 Å². The Morgan fingerprint density at radius 2 is 1.88 bits per heavy atom. The van der Waals surface area contributed by atoms with Crippen molar-refractivity contribution in [2.75, 3.05) is 66.1 Å². The number of aliphatic imine (C=N–C) groups is 1. The van der Waals surface area contributed by atoms with E-state index in [0.717, 1.165) is 69.6 Å². The summed E-state index contributed by atoms with van der Waals surface area (Å²) in [5.41, 5.74) is 1.28. The van der Waals surface area contributed by atoms with Crippen molar-refractivity contribution in [3.8, 4) is 5.75 Å². The Morgan fingerprint density at radius 1 is 1.12 bits per heavy atom. The van der Waals surface area contributed by atoms with E-state index in [1.165, 1.54) is 37.9 Å². The van der Waals surface area contributed by atoms with Gasteiger partial charge in [0.15, 0.2) is 5.96 Å². The molecule has 2 atom stereocenters. The SMILES string of the molecule is CCNC(=NCC(c1ccc(OC)cc1)N1CCOCC1)NCC1CCN(C2CC2)C1.I. The quantitative estimate of drug-likeness (QED) is 0.277. The van der Waals surface area contributed by atoms with Crippen molar-refractivity contribution in [1.29, 1.82) is 0 Å². The fourth-order valence-corrected chi connectivity index (χ4v) is 4.71. The van der Waals surface area contributed by atoms with Gasteiger partial charge in [-0.05, 0) is 56.3 Å². The summed E-state index contributed by atoms with van der Waals surface area (Å²) in [5, 5.41) is 7.06. The lowest BCUT2D eigenvalue weighted by atomic mass is 10.0. The highest BCUT2D eigenvalue weighted by molar-refractivity contribution is 14.0. The van der Waals surface area contributed by atoms with Crippen LogP contribution in [0.25, 0.3) is 0 Å². The number of hydrogen-bond acceptors (Lipinski definition) is 5. The molecule has 8 heteroatoms. The summed E-state index contributed by atoms with van der Waals surface area (Å²) in [7, 11) is 1.71. The van der Waals surface area contributed by atoms with E-state index in [9.17, 15) is 0 Å². The molecule has 32 heavy (non-hydrogen) atoms. The maximum Gasteiger partial charge on any atom is 0.191 e. The van der Waals surface area contributed by atoms with Crippen LogP contribution in [-0.2, 0) is 4.74 Å². The number of guanidine groups is 1. The monoisotopic (exact) mass is 557 g/mol. The van der Waals surface area contributed by atoms with E-state index in [4.69, 9.17) is 14.5 Å². The topological polar surface area (TPSA) is 61.4 Å². The standard InChI is InChI=1S/C24H39N5O2.HI/c1-3-25-24(26-16-19-10-11-29(18-19)21-6-7-21)27-17-23(28-12-14-31-15-13-28)20-4-8-22(30-2)9-5-20;/h4-5,8-9,19,21,23H,3,6-7,10-18H2,1-2H3,(H2,25,26,27);1H. The zero-order valence-electron chi connectivity index (χ0n) is 19.6. The zero-order valence-corrected chi connectivity index (χ0v) is 21.9. The number of likely N-dealkylation sites (tertiary alicyclic amines) is 1. The van der Waals surface area contributed by atoms with Crippen LogP contribution in [0.1, 0.15) is 37.8 Å². The van der Waals surface area contributed by atoms with Gasteiger partial charge in [0.25, 0.3) is 0 Å². The molecule has 7 nitrogen and oxygen atoms in total. The second-order valence-corrected chi connectivity index (χ2v) is 8.92. The molecule has 1 saturated carbocycles. The predicted molar refractivity (Wildman–Crippen MR) is 140 cm³/mol. The fourth-order valence-electron chi connectivity index (χ4n) is 4.71. The van der Waals surface area contributed by atoms with Crippen molar-refractivity contribution in [1.82, 2.24) is 20.4 Å². The van der Waals surface area contributed by atoms with Crippen LogP contribution in [0.3, 0.4) is 0 Å². The third kappa shape index (κ3) is 7.20. The van der Waals surface area contributed by atoms with Crippen molar-refractivity contribution in [2.24, 2.45) is 10.9 Å². The Morgan fingerprint density at radius 3 is 2.53 bits per heavy atom. The molecular weight excluding hydrogens is 517 g/mol. The van der Waals surface area contributed by atoms with E-state index in [-0.39, 0.29) is 30.0 Å². The van der Waals surface area contributed by atoms with E-state index >= 15 is 0 Å². The van der Waals surface area contributed by atoms with Gasteiger partial charge in [-0.1, -0.05) is 12.1 Å². The lowest BCUT2D eigenvalue weighted by Gasteiger charge is -2.34. The van der Waals surface area contributed by atoms with Crippen LogP contribution >= 0.6 is 24.0 Å². The minimum Gasteiger partial charge on any atom is -0.497 e. The molecule has 0 bridgehead atoms. The first-order valence-corrected chi connectivity index (χ1v) is 12.0. The number of rotatable bonds is 9. The Balaban J connectivity index is 0.00000289. The van der Waals surface area contributed by atoms with Crippen molar-refractivity contribution in [3.05, 3.63) is 29.8 Å². The average molecular weight is 558 g/mol. The Labute approximate surface area is 210 Å². The molecule has 1 aliphatic carbocycles.